The van der Waals surface area contributed by atoms with Crippen molar-refractivity contribution in [3.8, 4) is 0 Å². The number of unbranched alkanes of at least 4 members (excludes halogenated alkanes) is 24. The average molecular weight is 606 g/mol. The van der Waals surface area contributed by atoms with Gasteiger partial charge in [0.25, 0.3) is 0 Å². The van der Waals surface area contributed by atoms with Gasteiger partial charge < -0.3 is 16.0 Å². The summed E-state index contributed by atoms with van der Waals surface area (Å²) >= 11 is 0. The molecule has 0 aliphatic rings. The van der Waals surface area contributed by atoms with Gasteiger partial charge in [0.1, 0.15) is 6.04 Å². The Morgan fingerprint density at radius 3 is 1.37 bits per heavy atom. The van der Waals surface area contributed by atoms with Crippen LogP contribution in [0.4, 0.5) is 0 Å². The van der Waals surface area contributed by atoms with Crippen molar-refractivity contribution < 1.29 is 9.59 Å². The maximum Gasteiger partial charge on any atom is 0.243 e. The van der Waals surface area contributed by atoms with Crippen LogP contribution >= 0.6 is 0 Å². The number of rotatable bonds is 34. The van der Waals surface area contributed by atoms with Crippen molar-refractivity contribution in [2.75, 3.05) is 20.1 Å². The Morgan fingerprint density at radius 1 is 0.535 bits per heavy atom. The van der Waals surface area contributed by atoms with Crippen molar-refractivity contribution in [2.45, 2.75) is 200 Å². The fourth-order valence-corrected chi connectivity index (χ4v) is 5.69. The molecule has 254 valence electrons. The molecule has 0 heterocycles. The van der Waals surface area contributed by atoms with E-state index in [-0.39, 0.29) is 11.8 Å². The third-order valence-electron chi connectivity index (χ3n) is 8.56. The quantitative estimate of drug-likeness (QED) is 0.0505. The van der Waals surface area contributed by atoms with Crippen LogP contribution in [0.3, 0.4) is 0 Å². The van der Waals surface area contributed by atoms with Crippen LogP contribution in [0.2, 0.25) is 0 Å². The second-order valence-corrected chi connectivity index (χ2v) is 12.9. The second kappa shape index (κ2) is 35.1. The van der Waals surface area contributed by atoms with E-state index in [0.717, 1.165) is 25.7 Å². The molecule has 0 aliphatic carbocycles. The van der Waals surface area contributed by atoms with Crippen molar-refractivity contribution in [3.05, 3.63) is 12.2 Å². The molecule has 3 N–H and O–H groups in total. The van der Waals surface area contributed by atoms with E-state index in [9.17, 15) is 9.59 Å². The number of allylic oxidation sites excluding steroid dienone is 2. The van der Waals surface area contributed by atoms with Crippen LogP contribution in [0.1, 0.15) is 194 Å². The maximum atomic E-state index is 12.6. The highest BCUT2D eigenvalue weighted by atomic mass is 16.2. The molecule has 0 saturated carbocycles. The third-order valence-corrected chi connectivity index (χ3v) is 8.56. The summed E-state index contributed by atoms with van der Waals surface area (Å²) in [6.45, 7) is 5.70. The van der Waals surface area contributed by atoms with Gasteiger partial charge in [0.2, 0.25) is 11.8 Å². The van der Waals surface area contributed by atoms with Crippen LogP contribution in [0.15, 0.2) is 12.2 Å². The highest BCUT2D eigenvalue weighted by molar-refractivity contribution is 5.87. The summed E-state index contributed by atoms with van der Waals surface area (Å²) < 4.78 is 0. The number of amides is 2. The topological polar surface area (TPSA) is 70.2 Å². The first-order chi connectivity index (χ1) is 21.2. The summed E-state index contributed by atoms with van der Waals surface area (Å²) in [7, 11) is 1.82. The number of carbonyl (C=O) groups excluding carboxylic acids is 2. The lowest BCUT2D eigenvalue weighted by atomic mass is 10.0. The van der Waals surface area contributed by atoms with E-state index in [1.807, 2.05) is 7.05 Å². The molecular formula is C38H75N3O2. The predicted octanol–water partition coefficient (Wildman–Crippen LogP) is 10.3. The van der Waals surface area contributed by atoms with Gasteiger partial charge in [-0.15, -0.1) is 0 Å². The van der Waals surface area contributed by atoms with Crippen molar-refractivity contribution in [3.63, 3.8) is 0 Å². The van der Waals surface area contributed by atoms with Gasteiger partial charge in [-0.2, -0.15) is 0 Å². The zero-order valence-corrected chi connectivity index (χ0v) is 29.3. The lowest BCUT2D eigenvalue weighted by Gasteiger charge is -2.18. The summed E-state index contributed by atoms with van der Waals surface area (Å²) in [5.41, 5.74) is 0. The molecule has 0 spiro atoms. The Balaban J connectivity index is 3.67. The number of carbonyl (C=O) groups is 2. The van der Waals surface area contributed by atoms with Gasteiger partial charge in [-0.1, -0.05) is 161 Å². The van der Waals surface area contributed by atoms with Crippen LogP contribution in [0, 0.1) is 0 Å². The fourth-order valence-electron chi connectivity index (χ4n) is 5.69. The molecule has 0 saturated heterocycles. The molecule has 2 amide bonds. The zero-order valence-electron chi connectivity index (χ0n) is 29.3. The number of hydrogen-bond acceptors (Lipinski definition) is 3. The Labute approximate surface area is 269 Å². The summed E-state index contributed by atoms with van der Waals surface area (Å²) in [5, 5.41) is 9.04. The summed E-state index contributed by atoms with van der Waals surface area (Å²) in [4.78, 5) is 25.1. The van der Waals surface area contributed by atoms with E-state index < -0.39 is 6.04 Å². The van der Waals surface area contributed by atoms with Gasteiger partial charge >= 0.3 is 0 Å². The summed E-state index contributed by atoms with van der Waals surface area (Å²) in [6.07, 6.45) is 40.1. The average Bonchev–Trinajstić information content (AvgIpc) is 3.00. The Bertz CT molecular complexity index is 622. The normalized spacial score (nSPS) is 12.2. The molecular weight excluding hydrogens is 530 g/mol. The van der Waals surface area contributed by atoms with Gasteiger partial charge in [0, 0.05) is 19.5 Å². The van der Waals surface area contributed by atoms with E-state index in [4.69, 9.17) is 0 Å². The predicted molar refractivity (Wildman–Crippen MR) is 189 cm³/mol. The van der Waals surface area contributed by atoms with Crippen LogP contribution in [0.25, 0.3) is 0 Å². The molecule has 0 aromatic carbocycles. The smallest absolute Gasteiger partial charge is 0.243 e. The minimum absolute atomic E-state index is 0.00970. The first-order valence-corrected chi connectivity index (χ1v) is 19.0. The van der Waals surface area contributed by atoms with Crippen molar-refractivity contribution in [1.29, 1.82) is 0 Å². The lowest BCUT2D eigenvalue weighted by molar-refractivity contribution is -0.129. The third kappa shape index (κ3) is 31.9. The molecule has 0 radical (unpaired) electrons. The molecule has 0 fully saturated rings. The van der Waals surface area contributed by atoms with Crippen LogP contribution in [-0.4, -0.2) is 38.0 Å². The van der Waals surface area contributed by atoms with E-state index >= 15 is 0 Å². The minimum atomic E-state index is -0.493. The first kappa shape index (κ1) is 41.6. The lowest BCUT2D eigenvalue weighted by Crippen LogP contribution is -2.51. The van der Waals surface area contributed by atoms with Crippen molar-refractivity contribution in [2.24, 2.45) is 0 Å². The van der Waals surface area contributed by atoms with Gasteiger partial charge in [-0.25, -0.2) is 0 Å². The molecule has 0 bridgehead atoms. The summed E-state index contributed by atoms with van der Waals surface area (Å²) in [5.74, 6) is -0.0773. The van der Waals surface area contributed by atoms with E-state index in [1.165, 1.54) is 148 Å². The Kier molecular flexibility index (Phi) is 34.0. The molecule has 1 atom stereocenters. The first-order valence-electron chi connectivity index (χ1n) is 19.0. The van der Waals surface area contributed by atoms with Gasteiger partial charge in [-0.05, 0) is 45.6 Å². The molecule has 0 aliphatic heterocycles. The molecule has 5 heteroatoms. The molecule has 43 heavy (non-hydrogen) atoms. The maximum absolute atomic E-state index is 12.6. The van der Waals surface area contributed by atoms with Crippen LogP contribution in [-0.2, 0) is 9.59 Å². The highest BCUT2D eigenvalue weighted by Crippen LogP contribution is 2.13. The van der Waals surface area contributed by atoms with Gasteiger partial charge in [0.05, 0.1) is 0 Å². The Morgan fingerprint density at radius 2 is 0.930 bits per heavy atom. The monoisotopic (exact) mass is 606 g/mol. The molecule has 0 rings (SSSR count). The van der Waals surface area contributed by atoms with Crippen molar-refractivity contribution in [1.82, 2.24) is 16.0 Å². The van der Waals surface area contributed by atoms with E-state index in [2.05, 4.69) is 41.9 Å². The number of hydrogen-bond donors (Lipinski definition) is 3. The van der Waals surface area contributed by atoms with Crippen LogP contribution in [0.5, 0.6) is 0 Å². The second-order valence-electron chi connectivity index (χ2n) is 12.9. The van der Waals surface area contributed by atoms with E-state index in [0.29, 0.717) is 19.5 Å². The van der Waals surface area contributed by atoms with Gasteiger partial charge in [-0.3, -0.25) is 9.59 Å². The SMILES string of the molecule is CCCCCCCCC=CCCCCCCCC(=O)NC(CNC)C(=O)NCCCCCCCCCCCCCCCC. The van der Waals surface area contributed by atoms with E-state index in [1.54, 1.807) is 0 Å². The Hall–Kier alpha value is -1.36. The molecule has 1 unspecified atom stereocenters. The highest BCUT2D eigenvalue weighted by Gasteiger charge is 2.19. The fraction of sp³-hybridized carbons (Fsp3) is 0.895. The largest absolute Gasteiger partial charge is 0.354 e. The standard InChI is InChI=1S/C38H75N3O2/c1-4-6-8-10-12-14-16-18-20-21-23-25-27-29-31-33-37(42)41-36(35-39-3)38(43)40-34-32-30-28-26-24-22-19-17-15-13-11-9-7-5-2/h18,20,36,39H,4-17,19,21-35H2,1-3H3,(H,40,43)(H,41,42). The van der Waals surface area contributed by atoms with Crippen LogP contribution < -0.4 is 16.0 Å². The summed E-state index contributed by atoms with van der Waals surface area (Å²) in [6, 6.07) is -0.493. The molecule has 5 nitrogen and oxygen atoms in total. The molecule has 0 aromatic heterocycles. The zero-order chi connectivity index (χ0) is 31.5. The number of likely N-dealkylation sites (N-methyl/N-ethyl adjacent to an activating group) is 1. The van der Waals surface area contributed by atoms with Crippen molar-refractivity contribution >= 4 is 11.8 Å². The minimum Gasteiger partial charge on any atom is -0.354 e. The van der Waals surface area contributed by atoms with Gasteiger partial charge in [0.15, 0.2) is 0 Å². The number of nitrogens with one attached hydrogen (secondary N) is 3. The molecule has 0 aromatic rings.